The summed E-state index contributed by atoms with van der Waals surface area (Å²) in [4.78, 5) is 0. The molecule has 1 fully saturated rings. The van der Waals surface area contributed by atoms with Gasteiger partial charge in [-0.05, 0) is 37.5 Å². The van der Waals surface area contributed by atoms with Crippen LogP contribution in [0.25, 0.3) is 0 Å². The molecule has 1 aliphatic rings. The van der Waals surface area contributed by atoms with Crippen LogP contribution in [0.2, 0.25) is 0 Å². The number of hydrogen-bond acceptors (Lipinski definition) is 2. The summed E-state index contributed by atoms with van der Waals surface area (Å²) < 4.78 is 0. The molecule has 2 rings (SSSR count). The van der Waals surface area contributed by atoms with Gasteiger partial charge in [-0.3, -0.25) is 0 Å². The molecule has 2 heteroatoms. The molecule has 1 aromatic rings. The molecule has 0 atom stereocenters. The van der Waals surface area contributed by atoms with E-state index in [0.29, 0.717) is 6.04 Å². The highest BCUT2D eigenvalue weighted by Gasteiger charge is 2.13. The molecule has 2 nitrogen and oxygen atoms in total. The lowest BCUT2D eigenvalue weighted by molar-refractivity contribution is 0.620. The molecular weight excluding hydrogens is 208 g/mol. The van der Waals surface area contributed by atoms with Crippen molar-refractivity contribution >= 4 is 5.69 Å². The lowest BCUT2D eigenvalue weighted by Crippen LogP contribution is -2.18. The second kappa shape index (κ2) is 5.72. The van der Waals surface area contributed by atoms with E-state index in [2.05, 4.69) is 17.5 Å². The monoisotopic (exact) mass is 228 g/mol. The number of nitriles is 1. The topological polar surface area (TPSA) is 35.8 Å². The van der Waals surface area contributed by atoms with E-state index in [0.717, 1.165) is 16.8 Å². The van der Waals surface area contributed by atoms with Crippen molar-refractivity contribution in [2.75, 3.05) is 5.32 Å². The lowest BCUT2D eigenvalue weighted by Gasteiger charge is -2.18. The van der Waals surface area contributed by atoms with Crippen LogP contribution in [-0.4, -0.2) is 6.04 Å². The minimum Gasteiger partial charge on any atom is -0.381 e. The van der Waals surface area contributed by atoms with Crippen molar-refractivity contribution in [3.8, 4) is 6.07 Å². The molecule has 1 N–H and O–H groups in total. The largest absolute Gasteiger partial charge is 0.381 e. The third kappa shape index (κ3) is 3.23. The molecule has 0 heterocycles. The van der Waals surface area contributed by atoms with Crippen molar-refractivity contribution in [3.63, 3.8) is 0 Å². The number of aryl methyl sites for hydroxylation is 1. The second-order valence-corrected chi connectivity index (χ2v) is 4.99. The lowest BCUT2D eigenvalue weighted by atomic mass is 10.1. The van der Waals surface area contributed by atoms with E-state index in [1.807, 2.05) is 19.1 Å². The van der Waals surface area contributed by atoms with Crippen LogP contribution < -0.4 is 5.32 Å². The molecule has 0 bridgehead atoms. The number of hydrogen-bond donors (Lipinski definition) is 1. The smallest absolute Gasteiger partial charge is 0.101 e. The standard InChI is InChI=1S/C15H20N2/c1-12-8-9-15(13(10-12)11-16)17-14-6-4-2-3-5-7-14/h8-10,14,17H,2-7H2,1H3. The van der Waals surface area contributed by atoms with Crippen molar-refractivity contribution in [3.05, 3.63) is 29.3 Å². The molecule has 1 aliphatic carbocycles. The summed E-state index contributed by atoms with van der Waals surface area (Å²) in [5, 5.41) is 12.7. The number of benzene rings is 1. The molecule has 1 saturated carbocycles. The Balaban J connectivity index is 2.09. The van der Waals surface area contributed by atoms with Crippen LogP contribution in [0.4, 0.5) is 5.69 Å². The minimum absolute atomic E-state index is 0.548. The molecule has 90 valence electrons. The fraction of sp³-hybridized carbons (Fsp3) is 0.533. The van der Waals surface area contributed by atoms with Gasteiger partial charge in [0.15, 0.2) is 0 Å². The van der Waals surface area contributed by atoms with E-state index >= 15 is 0 Å². The van der Waals surface area contributed by atoms with Gasteiger partial charge in [-0.2, -0.15) is 5.26 Å². The Bertz CT molecular complexity index is 409. The predicted molar refractivity (Wildman–Crippen MR) is 71.0 cm³/mol. The van der Waals surface area contributed by atoms with Gasteiger partial charge in [-0.1, -0.05) is 31.7 Å². The SMILES string of the molecule is Cc1ccc(NC2CCCCCC2)c(C#N)c1. The third-order valence-electron chi connectivity index (χ3n) is 3.51. The van der Waals surface area contributed by atoms with Crippen molar-refractivity contribution in [1.29, 1.82) is 5.26 Å². The van der Waals surface area contributed by atoms with Crippen LogP contribution in [0, 0.1) is 18.3 Å². The first-order chi connectivity index (χ1) is 8.29. The van der Waals surface area contributed by atoms with Crippen molar-refractivity contribution in [2.45, 2.75) is 51.5 Å². The van der Waals surface area contributed by atoms with Gasteiger partial charge in [0.1, 0.15) is 6.07 Å². The van der Waals surface area contributed by atoms with E-state index in [1.165, 1.54) is 38.5 Å². The van der Waals surface area contributed by atoms with Gasteiger partial charge in [-0.15, -0.1) is 0 Å². The zero-order chi connectivity index (χ0) is 12.1. The van der Waals surface area contributed by atoms with Crippen LogP contribution in [0.3, 0.4) is 0 Å². The molecule has 0 radical (unpaired) electrons. The molecule has 1 aromatic carbocycles. The van der Waals surface area contributed by atoms with Crippen LogP contribution >= 0.6 is 0 Å². The average Bonchev–Trinajstić information content (AvgIpc) is 2.60. The van der Waals surface area contributed by atoms with E-state index in [4.69, 9.17) is 5.26 Å². The summed E-state index contributed by atoms with van der Waals surface area (Å²) >= 11 is 0. The van der Waals surface area contributed by atoms with Gasteiger partial charge in [-0.25, -0.2) is 0 Å². The maximum absolute atomic E-state index is 9.14. The van der Waals surface area contributed by atoms with Crippen LogP contribution in [0.1, 0.15) is 49.7 Å². The highest BCUT2D eigenvalue weighted by atomic mass is 14.9. The van der Waals surface area contributed by atoms with Gasteiger partial charge in [0.05, 0.1) is 11.3 Å². The predicted octanol–water partition coefficient (Wildman–Crippen LogP) is 4.00. The van der Waals surface area contributed by atoms with Crippen molar-refractivity contribution < 1.29 is 0 Å². The zero-order valence-corrected chi connectivity index (χ0v) is 10.5. The number of nitrogens with zero attached hydrogens (tertiary/aromatic N) is 1. The van der Waals surface area contributed by atoms with Gasteiger partial charge >= 0.3 is 0 Å². The Morgan fingerprint density at radius 1 is 1.18 bits per heavy atom. The third-order valence-corrected chi connectivity index (χ3v) is 3.51. The van der Waals surface area contributed by atoms with E-state index in [9.17, 15) is 0 Å². The number of anilines is 1. The highest BCUT2D eigenvalue weighted by Crippen LogP contribution is 2.23. The van der Waals surface area contributed by atoms with Crippen LogP contribution in [0.5, 0.6) is 0 Å². The molecule has 0 aliphatic heterocycles. The Morgan fingerprint density at radius 2 is 1.88 bits per heavy atom. The first-order valence-electron chi connectivity index (χ1n) is 6.57. The second-order valence-electron chi connectivity index (χ2n) is 4.99. The van der Waals surface area contributed by atoms with Gasteiger partial charge in [0.25, 0.3) is 0 Å². The minimum atomic E-state index is 0.548. The number of rotatable bonds is 2. The summed E-state index contributed by atoms with van der Waals surface area (Å²) in [7, 11) is 0. The maximum atomic E-state index is 9.14. The Morgan fingerprint density at radius 3 is 2.53 bits per heavy atom. The first-order valence-corrected chi connectivity index (χ1v) is 6.57. The van der Waals surface area contributed by atoms with Gasteiger partial charge < -0.3 is 5.32 Å². The summed E-state index contributed by atoms with van der Waals surface area (Å²) in [6.07, 6.45) is 7.81. The molecule has 0 unspecified atom stereocenters. The van der Waals surface area contributed by atoms with E-state index in [-0.39, 0.29) is 0 Å². The summed E-state index contributed by atoms with van der Waals surface area (Å²) in [5.74, 6) is 0. The fourth-order valence-corrected chi connectivity index (χ4v) is 2.52. The van der Waals surface area contributed by atoms with Crippen LogP contribution in [-0.2, 0) is 0 Å². The summed E-state index contributed by atoms with van der Waals surface area (Å²) in [6, 6.07) is 8.89. The average molecular weight is 228 g/mol. The van der Waals surface area contributed by atoms with Gasteiger partial charge in [0.2, 0.25) is 0 Å². The quantitative estimate of drug-likeness (QED) is 0.776. The Hall–Kier alpha value is -1.49. The van der Waals surface area contributed by atoms with Crippen molar-refractivity contribution in [1.82, 2.24) is 0 Å². The molecule has 0 aromatic heterocycles. The first kappa shape index (κ1) is 12.0. The molecule has 0 spiro atoms. The van der Waals surface area contributed by atoms with Crippen LogP contribution in [0.15, 0.2) is 18.2 Å². The molecule has 0 amide bonds. The molecule has 17 heavy (non-hydrogen) atoms. The van der Waals surface area contributed by atoms with E-state index in [1.54, 1.807) is 0 Å². The maximum Gasteiger partial charge on any atom is 0.101 e. The van der Waals surface area contributed by atoms with E-state index < -0.39 is 0 Å². The Labute approximate surface area is 104 Å². The summed E-state index contributed by atoms with van der Waals surface area (Å²) in [6.45, 7) is 2.02. The normalized spacial score (nSPS) is 17.2. The fourth-order valence-electron chi connectivity index (χ4n) is 2.52. The number of nitrogens with one attached hydrogen (secondary N) is 1. The summed E-state index contributed by atoms with van der Waals surface area (Å²) in [5.41, 5.74) is 2.92. The highest BCUT2D eigenvalue weighted by molar-refractivity contribution is 5.59. The molecular formula is C15H20N2. The van der Waals surface area contributed by atoms with Gasteiger partial charge in [0, 0.05) is 6.04 Å². The van der Waals surface area contributed by atoms with Crippen molar-refractivity contribution in [2.24, 2.45) is 0 Å². The Kier molecular flexibility index (Phi) is 4.03. The zero-order valence-electron chi connectivity index (χ0n) is 10.5. The molecule has 0 saturated heterocycles.